The third-order valence-electron chi connectivity index (χ3n) is 4.19. The average molecular weight is 408 g/mol. The highest BCUT2D eigenvalue weighted by molar-refractivity contribution is 7.10. The number of carboxylic acid groups (broad SMARTS) is 1. The van der Waals surface area contributed by atoms with Gasteiger partial charge in [-0.05, 0) is 17.9 Å². The largest absolute Gasteiger partial charge is 0.479 e. The van der Waals surface area contributed by atoms with Gasteiger partial charge in [0.1, 0.15) is 0 Å². The van der Waals surface area contributed by atoms with Gasteiger partial charge in [0.25, 0.3) is 0 Å². The van der Waals surface area contributed by atoms with E-state index in [0.717, 1.165) is 5.57 Å². The highest BCUT2D eigenvalue weighted by Gasteiger charge is 2.23. The summed E-state index contributed by atoms with van der Waals surface area (Å²) in [5.41, 5.74) is 12.2. The maximum absolute atomic E-state index is 12.1. The maximum Gasteiger partial charge on any atom is 0.331 e. The summed E-state index contributed by atoms with van der Waals surface area (Å²) in [5, 5.41) is 23.4. The van der Waals surface area contributed by atoms with Crippen molar-refractivity contribution in [2.45, 2.75) is 24.9 Å². The Labute approximate surface area is 166 Å². The van der Waals surface area contributed by atoms with E-state index in [4.69, 9.17) is 16.9 Å². The lowest BCUT2D eigenvalue weighted by molar-refractivity contribution is -0.142. The molecule has 0 fully saturated rings. The Morgan fingerprint density at radius 3 is 2.71 bits per heavy atom. The second kappa shape index (κ2) is 9.85. The number of hydrogen-bond donors (Lipinski definition) is 6. The van der Waals surface area contributed by atoms with E-state index in [2.05, 4.69) is 10.6 Å². The molecule has 1 aliphatic rings. The quantitative estimate of drug-likeness (QED) is 0.179. The highest BCUT2D eigenvalue weighted by Crippen LogP contribution is 2.19. The molecule has 1 aliphatic heterocycles. The van der Waals surface area contributed by atoms with Crippen molar-refractivity contribution in [1.29, 1.82) is 5.41 Å². The first-order valence-corrected chi connectivity index (χ1v) is 9.51. The summed E-state index contributed by atoms with van der Waals surface area (Å²) < 4.78 is 0. The fourth-order valence-electron chi connectivity index (χ4n) is 2.69. The summed E-state index contributed by atoms with van der Waals surface area (Å²) in [7, 11) is 0. The summed E-state index contributed by atoms with van der Waals surface area (Å²) in [6.07, 6.45) is 2.16. The first kappa shape index (κ1) is 21.4. The van der Waals surface area contributed by atoms with Crippen molar-refractivity contribution in [2.24, 2.45) is 11.5 Å². The molecule has 0 bridgehead atoms. The van der Waals surface area contributed by atoms with Gasteiger partial charge in [0.2, 0.25) is 11.8 Å². The lowest BCUT2D eigenvalue weighted by atomic mass is 10.1. The number of hydrogen-bond acceptors (Lipinski definition) is 6. The molecular formula is C17H24N6O4S. The van der Waals surface area contributed by atoms with Gasteiger partial charge in [-0.2, -0.15) is 0 Å². The topological polar surface area (TPSA) is 175 Å². The summed E-state index contributed by atoms with van der Waals surface area (Å²) in [6.45, 7) is 1.04. The number of aliphatic carboxylic acids is 1. The minimum Gasteiger partial charge on any atom is -0.479 e. The minimum atomic E-state index is -1.15. The van der Waals surface area contributed by atoms with Gasteiger partial charge in [-0.25, -0.2) is 4.79 Å². The van der Waals surface area contributed by atoms with Crippen LogP contribution in [0.3, 0.4) is 0 Å². The second-order valence-electron chi connectivity index (χ2n) is 6.33. The summed E-state index contributed by atoms with van der Waals surface area (Å²) in [5.74, 6) is -2.06. The van der Waals surface area contributed by atoms with Crippen molar-refractivity contribution in [3.63, 3.8) is 0 Å². The van der Waals surface area contributed by atoms with E-state index in [0.29, 0.717) is 24.4 Å². The fourth-order valence-corrected chi connectivity index (χ4v) is 3.46. The van der Waals surface area contributed by atoms with Crippen LogP contribution in [0.1, 0.15) is 23.8 Å². The number of nitrogens with zero attached hydrogens (tertiary/aromatic N) is 1. The first-order chi connectivity index (χ1) is 13.3. The van der Waals surface area contributed by atoms with Crippen molar-refractivity contribution in [1.82, 2.24) is 15.5 Å². The molecule has 0 saturated carbocycles. The molecule has 8 N–H and O–H groups in total. The number of carbonyl (C=O) groups is 3. The van der Waals surface area contributed by atoms with Crippen molar-refractivity contribution >= 4 is 35.1 Å². The van der Waals surface area contributed by atoms with E-state index < -0.39 is 29.9 Å². The van der Waals surface area contributed by atoms with Crippen molar-refractivity contribution in [3.05, 3.63) is 34.0 Å². The van der Waals surface area contributed by atoms with Crippen LogP contribution in [-0.2, 0) is 14.4 Å². The molecule has 1 aromatic heterocycles. The Bertz CT molecular complexity index is 764. The number of amides is 2. The van der Waals surface area contributed by atoms with Gasteiger partial charge in [0.05, 0.1) is 6.04 Å². The smallest absolute Gasteiger partial charge is 0.331 e. The first-order valence-electron chi connectivity index (χ1n) is 8.63. The molecule has 28 heavy (non-hydrogen) atoms. The zero-order valence-corrected chi connectivity index (χ0v) is 16.0. The van der Waals surface area contributed by atoms with Crippen LogP contribution >= 0.6 is 11.3 Å². The van der Waals surface area contributed by atoms with Crippen LogP contribution in [0.2, 0.25) is 0 Å². The van der Waals surface area contributed by atoms with Crippen LogP contribution < -0.4 is 22.1 Å². The van der Waals surface area contributed by atoms with Gasteiger partial charge < -0.3 is 32.1 Å². The van der Waals surface area contributed by atoms with Crippen LogP contribution in [0.5, 0.6) is 0 Å². The molecule has 0 aromatic carbocycles. The molecular weight excluding hydrogens is 384 g/mol. The number of nitrogens with one attached hydrogen (secondary N) is 3. The molecule has 152 valence electrons. The third-order valence-corrected chi connectivity index (χ3v) is 5.12. The predicted octanol–water partition coefficient (Wildman–Crippen LogP) is -0.651. The van der Waals surface area contributed by atoms with Gasteiger partial charge >= 0.3 is 5.97 Å². The van der Waals surface area contributed by atoms with Crippen LogP contribution in [0.15, 0.2) is 29.2 Å². The van der Waals surface area contributed by atoms with Gasteiger partial charge in [0, 0.05) is 30.9 Å². The fraction of sp³-hybridized carbons (Fsp3) is 0.412. The van der Waals surface area contributed by atoms with Crippen LogP contribution in [0.25, 0.3) is 0 Å². The average Bonchev–Trinajstić information content (AvgIpc) is 3.31. The third kappa shape index (κ3) is 6.06. The normalized spacial score (nSPS) is 15.5. The number of rotatable bonds is 9. The molecule has 1 aromatic rings. The van der Waals surface area contributed by atoms with Gasteiger partial charge in [-0.15, -0.1) is 11.3 Å². The molecule has 2 heterocycles. The van der Waals surface area contributed by atoms with E-state index in [-0.39, 0.29) is 18.9 Å². The second-order valence-corrected chi connectivity index (χ2v) is 7.31. The Morgan fingerprint density at radius 2 is 2.14 bits per heavy atom. The van der Waals surface area contributed by atoms with E-state index in [1.807, 2.05) is 6.08 Å². The Kier molecular flexibility index (Phi) is 7.52. The van der Waals surface area contributed by atoms with Crippen LogP contribution in [-0.4, -0.2) is 59.4 Å². The van der Waals surface area contributed by atoms with Gasteiger partial charge in [0.15, 0.2) is 12.0 Å². The van der Waals surface area contributed by atoms with Crippen LogP contribution in [0, 0.1) is 5.41 Å². The van der Waals surface area contributed by atoms with Crippen LogP contribution in [0.4, 0.5) is 0 Å². The molecule has 2 amide bonds. The molecule has 2 unspecified atom stereocenters. The van der Waals surface area contributed by atoms with Crippen molar-refractivity contribution < 1.29 is 19.5 Å². The van der Waals surface area contributed by atoms with Gasteiger partial charge in [-0.1, -0.05) is 17.7 Å². The molecule has 0 aliphatic carbocycles. The van der Waals surface area contributed by atoms with Crippen molar-refractivity contribution in [2.75, 3.05) is 19.6 Å². The Hall–Kier alpha value is -2.92. The standard InChI is InChI=1S/C17H24N6O4S/c18-11(8-10-4-6-23(9-10)17(19)20)15(25)21-5-3-13(24)22-14(16(26)27)12-2-1-7-28-12/h1-2,4,7,11,14H,3,5-6,8-9,18H2,(H3,19,20)(H,21,25)(H,22,24)(H,26,27). The summed E-state index contributed by atoms with van der Waals surface area (Å²) in [4.78, 5) is 37.5. The maximum atomic E-state index is 12.1. The zero-order valence-electron chi connectivity index (χ0n) is 15.2. The van der Waals surface area contributed by atoms with E-state index >= 15 is 0 Å². The van der Waals surface area contributed by atoms with E-state index in [1.165, 1.54) is 11.3 Å². The van der Waals surface area contributed by atoms with E-state index in [9.17, 15) is 19.5 Å². The Morgan fingerprint density at radius 1 is 1.39 bits per heavy atom. The lowest BCUT2D eigenvalue weighted by Crippen LogP contribution is -2.43. The number of thiophene rings is 1. The molecule has 0 radical (unpaired) electrons. The van der Waals surface area contributed by atoms with Gasteiger partial charge in [-0.3, -0.25) is 15.0 Å². The highest BCUT2D eigenvalue weighted by atomic mass is 32.1. The lowest BCUT2D eigenvalue weighted by Gasteiger charge is -2.17. The Balaban J connectivity index is 1.71. The number of nitrogens with two attached hydrogens (primary N) is 2. The number of carbonyl (C=O) groups excluding carboxylic acids is 2. The number of carboxylic acids is 1. The minimum absolute atomic E-state index is 0.0301. The molecule has 11 heteroatoms. The predicted molar refractivity (Wildman–Crippen MR) is 105 cm³/mol. The SMILES string of the molecule is N=C(N)N1CC=C(CC(N)C(=O)NCCC(=O)NC(C(=O)O)c2cccs2)C1. The summed E-state index contributed by atoms with van der Waals surface area (Å²) in [6, 6.07) is 1.46. The molecule has 10 nitrogen and oxygen atoms in total. The van der Waals surface area contributed by atoms with E-state index in [1.54, 1.807) is 22.4 Å². The molecule has 0 saturated heterocycles. The molecule has 2 atom stereocenters. The number of guanidine groups is 1. The van der Waals surface area contributed by atoms with Crippen molar-refractivity contribution in [3.8, 4) is 0 Å². The molecule has 0 spiro atoms. The monoisotopic (exact) mass is 408 g/mol. The zero-order chi connectivity index (χ0) is 20.7. The summed E-state index contributed by atoms with van der Waals surface area (Å²) >= 11 is 1.24. The molecule has 2 rings (SSSR count).